The Morgan fingerprint density at radius 2 is 1.92 bits per heavy atom. The Morgan fingerprint density at radius 1 is 1.17 bits per heavy atom. The Hall–Kier alpha value is -2.89. The fourth-order valence-corrected chi connectivity index (χ4v) is 2.88. The maximum Gasteiger partial charge on any atom is 0.254 e. The smallest absolute Gasteiger partial charge is 0.254 e. The zero-order chi connectivity index (χ0) is 17.1. The number of nitrogens with one attached hydrogen (secondary N) is 1. The second-order valence-electron chi connectivity index (χ2n) is 5.88. The third-order valence-corrected chi connectivity index (χ3v) is 4.21. The standard InChI is InChI=1S/C18H19N3O3/c1-20-11-9-13(12-16(20)22)18(24)21-10-5-8-15(21)17(23)19-14-6-3-2-4-7-14/h2-4,6-7,9,11-12,15H,5,8,10H2,1H3,(H,19,23). The predicted octanol–water partition coefficient (Wildman–Crippen LogP) is 1.63. The molecule has 0 saturated carbocycles. The molecule has 1 fully saturated rings. The van der Waals surface area contributed by atoms with Crippen LogP contribution in [0.5, 0.6) is 0 Å². The van der Waals surface area contributed by atoms with Crippen molar-refractivity contribution in [1.29, 1.82) is 0 Å². The Balaban J connectivity index is 1.77. The summed E-state index contributed by atoms with van der Waals surface area (Å²) in [7, 11) is 1.63. The third kappa shape index (κ3) is 3.22. The Kier molecular flexibility index (Phi) is 4.46. The molecule has 0 spiro atoms. The number of nitrogens with zero attached hydrogens (tertiary/aromatic N) is 2. The first kappa shape index (κ1) is 16.0. The summed E-state index contributed by atoms with van der Waals surface area (Å²) in [5, 5.41) is 2.84. The highest BCUT2D eigenvalue weighted by atomic mass is 16.2. The van der Waals surface area contributed by atoms with Crippen LogP contribution in [0.3, 0.4) is 0 Å². The minimum Gasteiger partial charge on any atom is -0.327 e. The molecule has 1 unspecified atom stereocenters. The molecule has 124 valence electrons. The minimum absolute atomic E-state index is 0.198. The fraction of sp³-hybridized carbons (Fsp3) is 0.278. The molecule has 1 atom stereocenters. The molecule has 6 heteroatoms. The van der Waals surface area contributed by atoms with Gasteiger partial charge in [0.25, 0.3) is 11.5 Å². The number of pyridine rings is 1. The molecule has 1 aliphatic rings. The minimum atomic E-state index is -0.512. The number of likely N-dealkylation sites (tertiary alicyclic amines) is 1. The van der Waals surface area contributed by atoms with E-state index in [1.165, 1.54) is 10.6 Å². The van der Waals surface area contributed by atoms with Gasteiger partial charge in [-0.15, -0.1) is 0 Å². The van der Waals surface area contributed by atoms with E-state index in [-0.39, 0.29) is 17.4 Å². The zero-order valence-electron chi connectivity index (χ0n) is 13.4. The number of carbonyl (C=O) groups excluding carboxylic acids is 2. The van der Waals surface area contributed by atoms with Gasteiger partial charge in [0.15, 0.2) is 0 Å². The Morgan fingerprint density at radius 3 is 2.62 bits per heavy atom. The van der Waals surface area contributed by atoms with Crippen molar-refractivity contribution < 1.29 is 9.59 Å². The van der Waals surface area contributed by atoms with Gasteiger partial charge in [-0.2, -0.15) is 0 Å². The molecule has 1 N–H and O–H groups in total. The van der Waals surface area contributed by atoms with E-state index in [1.54, 1.807) is 36.3 Å². The molecule has 1 saturated heterocycles. The van der Waals surface area contributed by atoms with Gasteiger partial charge in [-0.3, -0.25) is 14.4 Å². The summed E-state index contributed by atoms with van der Waals surface area (Å²) in [6, 6.07) is 11.6. The van der Waals surface area contributed by atoms with Gasteiger partial charge < -0.3 is 14.8 Å². The van der Waals surface area contributed by atoms with E-state index in [0.29, 0.717) is 24.2 Å². The van der Waals surface area contributed by atoms with Crippen LogP contribution in [-0.4, -0.2) is 33.9 Å². The zero-order valence-corrected chi connectivity index (χ0v) is 13.4. The van der Waals surface area contributed by atoms with E-state index in [0.717, 1.165) is 6.42 Å². The molecule has 2 heterocycles. The molecule has 1 aromatic heterocycles. The summed E-state index contributed by atoms with van der Waals surface area (Å²) in [5.74, 6) is -0.478. The molecule has 2 aromatic rings. The Labute approximate surface area is 139 Å². The van der Waals surface area contributed by atoms with Gasteiger partial charge in [-0.25, -0.2) is 0 Å². The quantitative estimate of drug-likeness (QED) is 0.932. The van der Waals surface area contributed by atoms with Crippen LogP contribution in [-0.2, 0) is 11.8 Å². The predicted molar refractivity (Wildman–Crippen MR) is 90.8 cm³/mol. The lowest BCUT2D eigenvalue weighted by Crippen LogP contribution is -2.43. The maximum absolute atomic E-state index is 12.7. The van der Waals surface area contributed by atoms with E-state index in [2.05, 4.69) is 5.32 Å². The molecule has 0 radical (unpaired) electrons. The summed E-state index contributed by atoms with van der Waals surface area (Å²) in [4.78, 5) is 38.5. The highest BCUT2D eigenvalue weighted by Gasteiger charge is 2.34. The first-order chi connectivity index (χ1) is 11.6. The second kappa shape index (κ2) is 6.70. The van der Waals surface area contributed by atoms with Gasteiger partial charge in [0, 0.05) is 37.1 Å². The fourth-order valence-electron chi connectivity index (χ4n) is 2.88. The highest BCUT2D eigenvalue weighted by molar-refractivity contribution is 6.01. The van der Waals surface area contributed by atoms with E-state index in [9.17, 15) is 14.4 Å². The van der Waals surface area contributed by atoms with Crippen LogP contribution in [0, 0.1) is 0 Å². The van der Waals surface area contributed by atoms with E-state index in [4.69, 9.17) is 0 Å². The molecule has 6 nitrogen and oxygen atoms in total. The second-order valence-corrected chi connectivity index (χ2v) is 5.88. The highest BCUT2D eigenvalue weighted by Crippen LogP contribution is 2.21. The number of amides is 2. The van der Waals surface area contributed by atoms with Crippen LogP contribution in [0.25, 0.3) is 0 Å². The maximum atomic E-state index is 12.7. The largest absolute Gasteiger partial charge is 0.327 e. The lowest BCUT2D eigenvalue weighted by Gasteiger charge is -2.24. The van der Waals surface area contributed by atoms with Gasteiger partial charge in [0.1, 0.15) is 6.04 Å². The van der Waals surface area contributed by atoms with Crippen LogP contribution < -0.4 is 10.9 Å². The summed E-state index contributed by atoms with van der Waals surface area (Å²) < 4.78 is 1.40. The van der Waals surface area contributed by atoms with Gasteiger partial charge in [0.2, 0.25) is 5.91 Å². The number of aryl methyl sites for hydroxylation is 1. The molecular weight excluding hydrogens is 306 g/mol. The lowest BCUT2D eigenvalue weighted by atomic mass is 10.1. The monoisotopic (exact) mass is 325 g/mol. The number of para-hydroxylation sites is 1. The van der Waals surface area contributed by atoms with Gasteiger partial charge in [-0.1, -0.05) is 18.2 Å². The molecule has 2 amide bonds. The Bertz CT molecular complexity index is 814. The van der Waals surface area contributed by atoms with E-state index < -0.39 is 6.04 Å². The summed E-state index contributed by atoms with van der Waals surface area (Å²) in [5.41, 5.74) is 0.776. The van der Waals surface area contributed by atoms with Gasteiger partial charge >= 0.3 is 0 Å². The average molecular weight is 325 g/mol. The molecule has 0 aliphatic carbocycles. The number of aromatic nitrogens is 1. The van der Waals surface area contributed by atoms with E-state index in [1.807, 2.05) is 18.2 Å². The van der Waals surface area contributed by atoms with Gasteiger partial charge in [0.05, 0.1) is 0 Å². The molecular formula is C18H19N3O3. The first-order valence-corrected chi connectivity index (χ1v) is 7.90. The number of hydrogen-bond donors (Lipinski definition) is 1. The molecule has 3 rings (SSSR count). The van der Waals surface area contributed by atoms with Gasteiger partial charge in [-0.05, 0) is 31.0 Å². The first-order valence-electron chi connectivity index (χ1n) is 7.90. The number of rotatable bonds is 3. The van der Waals surface area contributed by atoms with Crippen molar-refractivity contribution in [3.63, 3.8) is 0 Å². The molecule has 1 aromatic carbocycles. The molecule has 24 heavy (non-hydrogen) atoms. The SMILES string of the molecule is Cn1ccc(C(=O)N2CCCC2C(=O)Nc2ccccc2)cc1=O. The number of anilines is 1. The number of benzene rings is 1. The molecule has 1 aliphatic heterocycles. The summed E-state index contributed by atoms with van der Waals surface area (Å²) in [6.07, 6.45) is 2.95. The van der Waals surface area contributed by atoms with Crippen LogP contribution >= 0.6 is 0 Å². The van der Waals surface area contributed by atoms with Crippen LogP contribution in [0.1, 0.15) is 23.2 Å². The van der Waals surface area contributed by atoms with Crippen molar-refractivity contribution >= 4 is 17.5 Å². The van der Waals surface area contributed by atoms with E-state index >= 15 is 0 Å². The molecule has 0 bridgehead atoms. The van der Waals surface area contributed by atoms with Crippen molar-refractivity contribution in [3.05, 3.63) is 64.6 Å². The van der Waals surface area contributed by atoms with Crippen LogP contribution in [0.4, 0.5) is 5.69 Å². The third-order valence-electron chi connectivity index (χ3n) is 4.21. The normalized spacial score (nSPS) is 16.9. The van der Waals surface area contributed by atoms with Crippen LogP contribution in [0.2, 0.25) is 0 Å². The van der Waals surface area contributed by atoms with Crippen molar-refractivity contribution in [2.24, 2.45) is 7.05 Å². The summed E-state index contributed by atoms with van der Waals surface area (Å²) in [6.45, 7) is 0.515. The van der Waals surface area contributed by atoms with Crippen molar-refractivity contribution in [2.45, 2.75) is 18.9 Å². The number of hydrogen-bond acceptors (Lipinski definition) is 3. The average Bonchev–Trinajstić information content (AvgIpc) is 3.07. The van der Waals surface area contributed by atoms with Crippen molar-refractivity contribution in [1.82, 2.24) is 9.47 Å². The summed E-state index contributed by atoms with van der Waals surface area (Å²) >= 11 is 0. The van der Waals surface area contributed by atoms with Crippen molar-refractivity contribution in [3.8, 4) is 0 Å². The number of carbonyl (C=O) groups is 2. The lowest BCUT2D eigenvalue weighted by molar-refractivity contribution is -0.119. The van der Waals surface area contributed by atoms with Crippen LogP contribution in [0.15, 0.2) is 53.5 Å². The van der Waals surface area contributed by atoms with Crippen molar-refractivity contribution in [2.75, 3.05) is 11.9 Å². The topological polar surface area (TPSA) is 71.4 Å².